The molecular weight excluding hydrogens is 272 g/mol. The summed E-state index contributed by atoms with van der Waals surface area (Å²) in [6.45, 7) is 6.74. The molecule has 1 fully saturated rings. The molecule has 1 aliphatic rings. The summed E-state index contributed by atoms with van der Waals surface area (Å²) >= 11 is 0. The Labute approximate surface area is 125 Å². The third-order valence-electron chi connectivity index (χ3n) is 3.65. The van der Waals surface area contributed by atoms with Crippen LogP contribution in [0, 0.1) is 12.8 Å². The zero-order valence-electron chi connectivity index (χ0n) is 13.1. The summed E-state index contributed by atoms with van der Waals surface area (Å²) in [5, 5.41) is 12.3. The van der Waals surface area contributed by atoms with Crippen LogP contribution in [0.1, 0.15) is 44.1 Å². The van der Waals surface area contributed by atoms with E-state index >= 15 is 0 Å². The van der Waals surface area contributed by atoms with E-state index in [2.05, 4.69) is 5.16 Å². The Morgan fingerprint density at radius 1 is 1.57 bits per heavy atom. The highest BCUT2D eigenvalue weighted by Crippen LogP contribution is 2.22. The number of carbonyl (C=O) groups excluding carboxylic acids is 1. The van der Waals surface area contributed by atoms with Crippen molar-refractivity contribution in [2.24, 2.45) is 5.92 Å². The molecule has 1 N–H and O–H groups in total. The summed E-state index contributed by atoms with van der Waals surface area (Å²) in [6.07, 6.45) is 2.74. The minimum Gasteiger partial charge on any atom is -0.480 e. The normalized spacial score (nSPS) is 20.0. The summed E-state index contributed by atoms with van der Waals surface area (Å²) in [7, 11) is 1.85. The molecule has 0 aromatic carbocycles. The van der Waals surface area contributed by atoms with Gasteiger partial charge in [-0.05, 0) is 39.3 Å². The van der Waals surface area contributed by atoms with Gasteiger partial charge >= 0.3 is 5.97 Å². The maximum atomic E-state index is 10.7. The number of likely N-dealkylation sites (N-methyl/N-ethyl adjacent to an activating group) is 1. The number of aliphatic carboxylic acids is 1. The van der Waals surface area contributed by atoms with Crippen LogP contribution in [0.4, 0.5) is 0 Å². The first-order valence-corrected chi connectivity index (χ1v) is 7.18. The number of carboxylic acids is 1. The number of carbonyl (C=O) groups is 2. The zero-order chi connectivity index (χ0) is 16.0. The Bertz CT molecular complexity index is 470. The Morgan fingerprint density at radius 2 is 2.24 bits per heavy atom. The van der Waals surface area contributed by atoms with E-state index < -0.39 is 5.97 Å². The predicted molar refractivity (Wildman–Crippen MR) is 78.2 cm³/mol. The first-order valence-electron chi connectivity index (χ1n) is 7.18. The van der Waals surface area contributed by atoms with E-state index in [0.717, 1.165) is 31.4 Å². The van der Waals surface area contributed by atoms with Crippen LogP contribution < -0.4 is 0 Å². The molecule has 2 atom stereocenters. The second-order valence-electron chi connectivity index (χ2n) is 5.75. The number of likely N-dealkylation sites (tertiary alicyclic amines) is 1. The van der Waals surface area contributed by atoms with E-state index in [9.17, 15) is 9.59 Å². The van der Waals surface area contributed by atoms with Gasteiger partial charge in [0.15, 0.2) is 0 Å². The largest absolute Gasteiger partial charge is 0.480 e. The molecule has 2 heterocycles. The quantitative estimate of drug-likeness (QED) is 0.856. The predicted octanol–water partition coefficient (Wildman–Crippen LogP) is 2.09. The molecule has 2 unspecified atom stereocenters. The minimum absolute atomic E-state index is 0.161. The summed E-state index contributed by atoms with van der Waals surface area (Å²) < 4.78 is 5.00. The molecule has 1 aromatic rings. The number of aromatic nitrogens is 1. The average Bonchev–Trinajstić information content (AvgIpc) is 2.99. The number of hydrogen-bond donors (Lipinski definition) is 1. The van der Waals surface area contributed by atoms with Crippen LogP contribution in [-0.2, 0) is 9.59 Å². The van der Waals surface area contributed by atoms with Crippen molar-refractivity contribution in [3.63, 3.8) is 0 Å². The topological polar surface area (TPSA) is 83.6 Å². The molecule has 0 amide bonds. The lowest BCUT2D eigenvalue weighted by molar-refractivity contribution is -0.141. The lowest BCUT2D eigenvalue weighted by Gasteiger charge is -2.13. The van der Waals surface area contributed by atoms with Crippen molar-refractivity contribution in [1.82, 2.24) is 10.1 Å². The van der Waals surface area contributed by atoms with Gasteiger partial charge in [-0.25, -0.2) is 0 Å². The smallest absolute Gasteiger partial charge is 0.320 e. The van der Waals surface area contributed by atoms with Gasteiger partial charge in [-0.2, -0.15) is 0 Å². The number of aldehydes is 1. The number of rotatable bonds is 4. The highest BCUT2D eigenvalue weighted by Gasteiger charge is 2.26. The molecule has 2 rings (SSSR count). The molecule has 1 saturated heterocycles. The van der Waals surface area contributed by atoms with Crippen LogP contribution >= 0.6 is 0 Å². The lowest BCUT2D eigenvalue weighted by Crippen LogP contribution is -2.32. The van der Waals surface area contributed by atoms with Gasteiger partial charge in [0, 0.05) is 6.07 Å². The van der Waals surface area contributed by atoms with Gasteiger partial charge in [-0.1, -0.05) is 19.0 Å². The fraction of sp³-hybridized carbons (Fsp3) is 0.667. The van der Waals surface area contributed by atoms with E-state index in [-0.39, 0.29) is 17.9 Å². The zero-order valence-corrected chi connectivity index (χ0v) is 13.1. The van der Waals surface area contributed by atoms with E-state index in [1.807, 2.05) is 32.7 Å². The van der Waals surface area contributed by atoms with Gasteiger partial charge < -0.3 is 14.4 Å². The number of nitrogens with zero attached hydrogens (tertiary/aromatic N) is 2. The molecule has 0 aliphatic carbocycles. The third-order valence-corrected chi connectivity index (χ3v) is 3.65. The highest BCUT2D eigenvalue weighted by atomic mass is 16.5. The Hall–Kier alpha value is -1.69. The molecule has 6 heteroatoms. The number of hydrogen-bond acceptors (Lipinski definition) is 5. The van der Waals surface area contributed by atoms with E-state index in [0.29, 0.717) is 5.76 Å². The van der Waals surface area contributed by atoms with Gasteiger partial charge in [0.1, 0.15) is 18.1 Å². The second-order valence-corrected chi connectivity index (χ2v) is 5.75. The van der Waals surface area contributed by atoms with Gasteiger partial charge in [0.2, 0.25) is 0 Å². The number of aryl methyl sites for hydroxylation is 1. The maximum Gasteiger partial charge on any atom is 0.320 e. The molecule has 21 heavy (non-hydrogen) atoms. The van der Waals surface area contributed by atoms with Crippen LogP contribution in [0.5, 0.6) is 0 Å². The van der Waals surface area contributed by atoms with Crippen molar-refractivity contribution in [3.8, 4) is 0 Å². The Morgan fingerprint density at radius 3 is 2.52 bits per heavy atom. The molecule has 6 nitrogen and oxygen atoms in total. The van der Waals surface area contributed by atoms with Crippen LogP contribution in [0.3, 0.4) is 0 Å². The van der Waals surface area contributed by atoms with Crippen molar-refractivity contribution < 1.29 is 19.2 Å². The van der Waals surface area contributed by atoms with E-state index in [1.54, 1.807) is 6.07 Å². The standard InChI is InChI=1S/C9H13NO2.C6H11NO2/c1-6(2)8(5-11)9-4-7(3)10-12-9;1-7-4-2-3-5(7)6(8)9/h4-6,8H,1-3H3;5H,2-4H2,1H3,(H,8,9). The van der Waals surface area contributed by atoms with E-state index in [1.165, 1.54) is 0 Å². The monoisotopic (exact) mass is 296 g/mol. The SMILES string of the molecule is CN1CCCC1C(=O)O.Cc1cc(C(C=O)C(C)C)on1. The van der Waals surface area contributed by atoms with Crippen molar-refractivity contribution in [2.75, 3.05) is 13.6 Å². The van der Waals surface area contributed by atoms with Crippen LogP contribution in [0.25, 0.3) is 0 Å². The van der Waals surface area contributed by atoms with Crippen LogP contribution in [0.2, 0.25) is 0 Å². The van der Waals surface area contributed by atoms with Crippen LogP contribution in [-0.4, -0.2) is 47.1 Å². The maximum absolute atomic E-state index is 10.7. The minimum atomic E-state index is -0.685. The highest BCUT2D eigenvalue weighted by molar-refractivity contribution is 5.73. The van der Waals surface area contributed by atoms with Gasteiger partial charge in [-0.15, -0.1) is 0 Å². The van der Waals surface area contributed by atoms with Crippen molar-refractivity contribution in [2.45, 2.75) is 45.6 Å². The fourth-order valence-corrected chi connectivity index (χ4v) is 2.32. The van der Waals surface area contributed by atoms with Crippen molar-refractivity contribution in [1.29, 1.82) is 0 Å². The second kappa shape index (κ2) is 7.93. The first-order chi connectivity index (χ1) is 9.86. The molecule has 0 spiro atoms. The Balaban J connectivity index is 0.000000219. The third kappa shape index (κ3) is 4.97. The summed E-state index contributed by atoms with van der Waals surface area (Å²) in [6, 6.07) is 1.59. The van der Waals surface area contributed by atoms with E-state index in [4.69, 9.17) is 9.63 Å². The lowest BCUT2D eigenvalue weighted by atomic mass is 9.95. The molecule has 0 saturated carbocycles. The molecular formula is C15H24N2O4. The average molecular weight is 296 g/mol. The summed E-state index contributed by atoms with van der Waals surface area (Å²) in [5.74, 6) is 0.0774. The molecule has 0 bridgehead atoms. The molecule has 0 radical (unpaired) electrons. The van der Waals surface area contributed by atoms with Crippen LogP contribution in [0.15, 0.2) is 10.6 Å². The van der Waals surface area contributed by atoms with Crippen molar-refractivity contribution >= 4 is 12.3 Å². The molecule has 1 aromatic heterocycles. The summed E-state index contributed by atoms with van der Waals surface area (Å²) in [5.41, 5.74) is 0.817. The number of carboxylic acid groups (broad SMARTS) is 1. The summed E-state index contributed by atoms with van der Waals surface area (Å²) in [4.78, 5) is 22.9. The van der Waals surface area contributed by atoms with Gasteiger partial charge in [0.05, 0.1) is 11.6 Å². The van der Waals surface area contributed by atoms with Gasteiger partial charge in [-0.3, -0.25) is 9.69 Å². The van der Waals surface area contributed by atoms with Gasteiger partial charge in [0.25, 0.3) is 0 Å². The molecule has 1 aliphatic heterocycles. The molecule has 118 valence electrons. The fourth-order valence-electron chi connectivity index (χ4n) is 2.32. The Kier molecular flexibility index (Phi) is 6.55. The first kappa shape index (κ1) is 17.4. The van der Waals surface area contributed by atoms with Crippen molar-refractivity contribution in [3.05, 3.63) is 17.5 Å².